The van der Waals surface area contributed by atoms with E-state index < -0.39 is 9.70 Å². The molecule has 0 aliphatic rings. The number of nitrogens with one attached hydrogen (secondary N) is 1. The van der Waals surface area contributed by atoms with Crippen molar-refractivity contribution in [1.29, 1.82) is 0 Å². The molecule has 1 aromatic carbocycles. The van der Waals surface area contributed by atoms with Gasteiger partial charge in [-0.25, -0.2) is 0 Å². The third-order valence-corrected chi connectivity index (χ3v) is 2.99. The van der Waals surface area contributed by atoms with Crippen LogP contribution in [0.4, 0.5) is 0 Å². The molecule has 6 nitrogen and oxygen atoms in total. The van der Waals surface area contributed by atoms with Crippen LogP contribution in [0, 0.1) is 0 Å². The molecule has 112 valence electrons. The van der Waals surface area contributed by atoms with E-state index in [1.54, 1.807) is 31.4 Å². The van der Waals surface area contributed by atoms with Gasteiger partial charge in [0.2, 0.25) is 11.7 Å². The van der Waals surface area contributed by atoms with Crippen LogP contribution in [0.1, 0.15) is 5.89 Å². The van der Waals surface area contributed by atoms with Crippen LogP contribution in [-0.2, 0) is 11.3 Å². The molecule has 0 radical (unpaired) electrons. The van der Waals surface area contributed by atoms with Gasteiger partial charge in [-0.2, -0.15) is 4.98 Å². The van der Waals surface area contributed by atoms with Crippen molar-refractivity contribution >= 4 is 40.7 Å². The first-order valence-electron chi connectivity index (χ1n) is 5.72. The number of methoxy groups -OCH3 is 1. The van der Waals surface area contributed by atoms with Gasteiger partial charge in [0.25, 0.3) is 9.70 Å². The first-order chi connectivity index (χ1) is 9.90. The van der Waals surface area contributed by atoms with Crippen molar-refractivity contribution in [3.63, 3.8) is 0 Å². The summed E-state index contributed by atoms with van der Waals surface area (Å²) in [5.41, 5.74) is 0.749. The van der Waals surface area contributed by atoms with E-state index in [-0.39, 0.29) is 12.4 Å². The van der Waals surface area contributed by atoms with Crippen molar-refractivity contribution in [2.45, 2.75) is 10.3 Å². The lowest BCUT2D eigenvalue weighted by molar-refractivity contribution is -0.120. The summed E-state index contributed by atoms with van der Waals surface area (Å²) in [6.45, 7) is -0.0318. The van der Waals surface area contributed by atoms with Crippen LogP contribution < -0.4 is 10.1 Å². The van der Waals surface area contributed by atoms with E-state index in [1.165, 1.54) is 0 Å². The second-order valence-corrected chi connectivity index (χ2v) is 6.20. The third kappa shape index (κ3) is 4.23. The van der Waals surface area contributed by atoms with Crippen molar-refractivity contribution in [3.05, 3.63) is 30.2 Å². The summed E-state index contributed by atoms with van der Waals surface area (Å²) >= 11 is 16.3. The third-order valence-electron chi connectivity index (χ3n) is 2.47. The van der Waals surface area contributed by atoms with Crippen LogP contribution in [0.3, 0.4) is 0 Å². The molecule has 1 aromatic heterocycles. The molecule has 2 aromatic rings. The number of nitrogens with zero attached hydrogens (tertiary/aromatic N) is 2. The fourth-order valence-corrected chi connectivity index (χ4v) is 1.64. The zero-order valence-electron chi connectivity index (χ0n) is 10.8. The van der Waals surface area contributed by atoms with Crippen LogP contribution in [0.15, 0.2) is 28.8 Å². The van der Waals surface area contributed by atoms with E-state index >= 15 is 0 Å². The Balaban J connectivity index is 2.02. The predicted octanol–water partition coefficient (Wildman–Crippen LogP) is 2.73. The number of carbonyl (C=O) groups is 1. The van der Waals surface area contributed by atoms with Crippen molar-refractivity contribution in [2.24, 2.45) is 0 Å². The molecule has 0 fully saturated rings. The summed E-state index contributed by atoms with van der Waals surface area (Å²) < 4.78 is 8.03. The Morgan fingerprint density at radius 3 is 2.57 bits per heavy atom. The van der Waals surface area contributed by atoms with E-state index in [2.05, 4.69) is 15.5 Å². The van der Waals surface area contributed by atoms with Crippen LogP contribution in [0.25, 0.3) is 11.4 Å². The van der Waals surface area contributed by atoms with Gasteiger partial charge in [-0.05, 0) is 24.3 Å². The molecule has 0 saturated heterocycles. The molecule has 0 aliphatic heterocycles. The second kappa shape index (κ2) is 6.51. The van der Waals surface area contributed by atoms with E-state index in [0.29, 0.717) is 5.82 Å². The molecule has 9 heteroatoms. The Morgan fingerprint density at radius 1 is 1.33 bits per heavy atom. The number of rotatable bonds is 4. The van der Waals surface area contributed by atoms with Crippen molar-refractivity contribution in [2.75, 3.05) is 7.11 Å². The minimum Gasteiger partial charge on any atom is -0.497 e. The summed E-state index contributed by atoms with van der Waals surface area (Å²) in [5, 5.41) is 6.18. The number of amides is 1. The Hall–Kier alpha value is -1.50. The maximum absolute atomic E-state index is 11.4. The summed E-state index contributed by atoms with van der Waals surface area (Å²) in [6.07, 6.45) is 0. The smallest absolute Gasteiger partial charge is 0.272 e. The maximum atomic E-state index is 11.4. The highest BCUT2D eigenvalue weighted by Crippen LogP contribution is 2.26. The number of halogens is 3. The van der Waals surface area contributed by atoms with E-state index in [0.717, 1.165) is 11.3 Å². The molecule has 0 saturated carbocycles. The monoisotopic (exact) mass is 349 g/mol. The summed E-state index contributed by atoms with van der Waals surface area (Å²) in [6, 6.07) is 7.12. The lowest BCUT2D eigenvalue weighted by atomic mass is 10.2. The van der Waals surface area contributed by atoms with Crippen molar-refractivity contribution in [1.82, 2.24) is 15.5 Å². The molecular formula is C12H10Cl3N3O3. The van der Waals surface area contributed by atoms with Crippen molar-refractivity contribution in [3.8, 4) is 17.1 Å². The molecule has 0 aliphatic carbocycles. The van der Waals surface area contributed by atoms with Gasteiger partial charge in [0.05, 0.1) is 13.7 Å². The van der Waals surface area contributed by atoms with Gasteiger partial charge in [0, 0.05) is 5.56 Å². The molecular weight excluding hydrogens is 341 g/mol. The second-order valence-electron chi connectivity index (χ2n) is 3.92. The van der Waals surface area contributed by atoms with E-state index in [9.17, 15) is 4.79 Å². The highest BCUT2D eigenvalue weighted by atomic mass is 35.6. The lowest BCUT2D eigenvalue weighted by Gasteiger charge is -2.09. The Morgan fingerprint density at radius 2 is 2.00 bits per heavy atom. The van der Waals surface area contributed by atoms with Gasteiger partial charge in [-0.1, -0.05) is 40.0 Å². The minimum atomic E-state index is -2.03. The number of hydrogen-bond donors (Lipinski definition) is 1. The van der Waals surface area contributed by atoms with Crippen molar-refractivity contribution < 1.29 is 14.1 Å². The Bertz CT molecular complexity index is 623. The van der Waals surface area contributed by atoms with E-state index in [4.69, 9.17) is 44.1 Å². The number of aromatic nitrogens is 2. The summed E-state index contributed by atoms with van der Waals surface area (Å²) in [7, 11) is 1.58. The molecule has 21 heavy (non-hydrogen) atoms. The predicted molar refractivity (Wildman–Crippen MR) is 78.4 cm³/mol. The highest BCUT2D eigenvalue weighted by Gasteiger charge is 2.30. The average Bonchev–Trinajstić information content (AvgIpc) is 2.92. The minimum absolute atomic E-state index is 0.0318. The number of carbonyl (C=O) groups excluding carboxylic acids is 1. The first kappa shape index (κ1) is 15.9. The number of hydrogen-bond acceptors (Lipinski definition) is 5. The highest BCUT2D eigenvalue weighted by molar-refractivity contribution is 6.76. The van der Waals surface area contributed by atoms with Crippen LogP contribution in [0.5, 0.6) is 5.75 Å². The first-order valence-corrected chi connectivity index (χ1v) is 6.85. The molecule has 2 rings (SSSR count). The molecule has 0 bridgehead atoms. The number of ether oxygens (including phenoxy) is 1. The largest absolute Gasteiger partial charge is 0.497 e. The fraction of sp³-hybridized carbons (Fsp3) is 0.250. The zero-order valence-corrected chi connectivity index (χ0v) is 13.0. The molecule has 0 atom stereocenters. The van der Waals surface area contributed by atoms with Gasteiger partial charge in [0.15, 0.2) is 0 Å². The summed E-state index contributed by atoms with van der Waals surface area (Å²) in [4.78, 5) is 15.5. The molecule has 0 spiro atoms. The zero-order chi connectivity index (χ0) is 15.5. The van der Waals surface area contributed by atoms with Gasteiger partial charge in [-0.15, -0.1) is 0 Å². The maximum Gasteiger partial charge on any atom is 0.272 e. The number of alkyl halides is 3. The molecule has 1 amide bonds. The Kier molecular flexibility index (Phi) is 4.92. The standard InChI is InChI=1S/C12H10Cl3N3O3/c1-20-8-4-2-7(3-5-8)10-17-9(21-18-10)6-16-11(19)12(13,14)15/h2-5H,6H2,1H3,(H,16,19). The Labute approximate surface area is 135 Å². The van der Waals surface area contributed by atoms with Gasteiger partial charge in [-0.3, -0.25) is 4.79 Å². The number of benzene rings is 1. The van der Waals surface area contributed by atoms with Gasteiger partial charge >= 0.3 is 0 Å². The van der Waals surface area contributed by atoms with Gasteiger partial charge < -0.3 is 14.6 Å². The molecule has 0 unspecified atom stereocenters. The topological polar surface area (TPSA) is 77.3 Å². The SMILES string of the molecule is COc1ccc(-c2noc(CNC(=O)C(Cl)(Cl)Cl)n2)cc1. The van der Waals surface area contributed by atoms with Crippen LogP contribution in [-0.4, -0.2) is 27.0 Å². The van der Waals surface area contributed by atoms with Crippen LogP contribution in [0.2, 0.25) is 0 Å². The molecule has 1 heterocycles. The van der Waals surface area contributed by atoms with E-state index in [1.807, 2.05) is 0 Å². The fourth-order valence-electron chi connectivity index (χ4n) is 1.44. The quantitative estimate of drug-likeness (QED) is 0.858. The lowest BCUT2D eigenvalue weighted by Crippen LogP contribution is -2.34. The normalized spacial score (nSPS) is 11.2. The molecule has 1 N–H and O–H groups in total. The average molecular weight is 351 g/mol. The van der Waals surface area contributed by atoms with Crippen LogP contribution >= 0.6 is 34.8 Å². The van der Waals surface area contributed by atoms with Gasteiger partial charge in [0.1, 0.15) is 5.75 Å². The summed E-state index contributed by atoms with van der Waals surface area (Å²) in [5.74, 6) is 0.535.